The number of piperazine rings is 1. The van der Waals surface area contributed by atoms with Crippen molar-refractivity contribution in [3.05, 3.63) is 29.1 Å². The first-order chi connectivity index (χ1) is 13.7. The van der Waals surface area contributed by atoms with Crippen LogP contribution in [0, 0.1) is 5.82 Å². The van der Waals surface area contributed by atoms with E-state index in [1.54, 1.807) is 26.8 Å². The van der Waals surface area contributed by atoms with Crippen molar-refractivity contribution in [2.45, 2.75) is 51.7 Å². The van der Waals surface area contributed by atoms with Gasteiger partial charge in [0.2, 0.25) is 5.91 Å². The zero-order valence-corrected chi connectivity index (χ0v) is 17.1. The van der Waals surface area contributed by atoms with Gasteiger partial charge >= 0.3 is 0 Å². The fourth-order valence-corrected chi connectivity index (χ4v) is 4.51. The number of benzene rings is 1. The first-order valence-electron chi connectivity index (χ1n) is 10.1. The summed E-state index contributed by atoms with van der Waals surface area (Å²) in [6.07, 6.45) is 0.519. The molecule has 0 saturated carbocycles. The van der Waals surface area contributed by atoms with Crippen molar-refractivity contribution >= 4 is 23.4 Å². The van der Waals surface area contributed by atoms with Crippen LogP contribution in [0.1, 0.15) is 49.5 Å². The third kappa shape index (κ3) is 3.39. The second-order valence-electron chi connectivity index (χ2n) is 8.92. The minimum absolute atomic E-state index is 0.213. The maximum atomic E-state index is 14.8. The van der Waals surface area contributed by atoms with Gasteiger partial charge < -0.3 is 15.1 Å². The Bertz CT molecular complexity index is 873. The molecule has 1 atom stereocenters. The predicted octanol–water partition coefficient (Wildman–Crippen LogP) is 1.51. The molecule has 156 valence electrons. The van der Waals surface area contributed by atoms with Crippen molar-refractivity contribution in [3.63, 3.8) is 0 Å². The Labute approximate surface area is 169 Å². The van der Waals surface area contributed by atoms with Crippen molar-refractivity contribution in [2.75, 3.05) is 31.1 Å². The number of likely N-dealkylation sites (tertiary alicyclic amines) is 1. The van der Waals surface area contributed by atoms with Crippen LogP contribution in [0.2, 0.25) is 0 Å². The van der Waals surface area contributed by atoms with Crippen LogP contribution < -0.4 is 10.2 Å². The van der Waals surface area contributed by atoms with E-state index in [1.807, 2.05) is 4.90 Å². The third-order valence-electron chi connectivity index (χ3n) is 5.90. The summed E-state index contributed by atoms with van der Waals surface area (Å²) in [6.45, 7) is 8.66. The van der Waals surface area contributed by atoms with E-state index in [2.05, 4.69) is 5.32 Å². The van der Waals surface area contributed by atoms with E-state index >= 15 is 0 Å². The van der Waals surface area contributed by atoms with Gasteiger partial charge in [-0.2, -0.15) is 0 Å². The first-order valence-corrected chi connectivity index (χ1v) is 10.1. The number of fused-ring (bicyclic) bond motifs is 1. The highest BCUT2D eigenvalue weighted by atomic mass is 19.1. The molecule has 7 nitrogen and oxygen atoms in total. The van der Waals surface area contributed by atoms with E-state index in [1.165, 1.54) is 15.9 Å². The molecule has 1 unspecified atom stereocenters. The van der Waals surface area contributed by atoms with E-state index in [4.69, 9.17) is 0 Å². The lowest BCUT2D eigenvalue weighted by atomic mass is 9.96. The lowest BCUT2D eigenvalue weighted by Crippen LogP contribution is -2.60. The van der Waals surface area contributed by atoms with Crippen molar-refractivity contribution in [2.24, 2.45) is 0 Å². The molecule has 0 radical (unpaired) electrons. The molecule has 2 fully saturated rings. The number of hydrogen-bond acceptors (Lipinski definition) is 5. The Morgan fingerprint density at radius 3 is 2.45 bits per heavy atom. The fraction of sp³-hybridized carbons (Fsp3) is 0.571. The quantitative estimate of drug-likeness (QED) is 0.760. The Kier molecular flexibility index (Phi) is 4.85. The molecule has 29 heavy (non-hydrogen) atoms. The van der Waals surface area contributed by atoms with Gasteiger partial charge in [0.15, 0.2) is 0 Å². The number of hydrogen-bond donors (Lipinski definition) is 1. The van der Waals surface area contributed by atoms with Crippen molar-refractivity contribution < 1.29 is 18.8 Å². The summed E-state index contributed by atoms with van der Waals surface area (Å²) in [5.74, 6) is -1.32. The molecule has 2 saturated heterocycles. The standard InChI is InChI=1S/C21H27FN4O3/c1-21(2,3)26-18(27)5-4-16(20(26)29)25-12-13-10-17(24-8-6-23-7-9-24)15(22)11-14(13)19(25)28/h10-11,16,23H,4-9,12H2,1-3H3. The van der Waals surface area contributed by atoms with Crippen LogP contribution in [0.3, 0.4) is 0 Å². The van der Waals surface area contributed by atoms with Crippen molar-refractivity contribution in [1.82, 2.24) is 15.1 Å². The number of imide groups is 1. The summed E-state index contributed by atoms with van der Waals surface area (Å²) in [5, 5.41) is 3.24. The monoisotopic (exact) mass is 402 g/mol. The summed E-state index contributed by atoms with van der Waals surface area (Å²) < 4.78 is 14.8. The first kappa shape index (κ1) is 19.8. The normalized spacial score (nSPS) is 23.1. The van der Waals surface area contributed by atoms with Crippen LogP contribution in [0.4, 0.5) is 10.1 Å². The Balaban J connectivity index is 1.61. The van der Waals surface area contributed by atoms with Gasteiger partial charge in [0.1, 0.15) is 11.9 Å². The number of nitrogens with one attached hydrogen (secondary N) is 1. The predicted molar refractivity (Wildman–Crippen MR) is 106 cm³/mol. The van der Waals surface area contributed by atoms with Crippen LogP contribution in [-0.4, -0.2) is 65.3 Å². The fourth-order valence-electron chi connectivity index (χ4n) is 4.51. The Morgan fingerprint density at radius 1 is 1.10 bits per heavy atom. The molecule has 1 aromatic rings. The molecule has 3 aliphatic rings. The van der Waals surface area contributed by atoms with Gasteiger partial charge in [0.05, 0.1) is 5.69 Å². The van der Waals surface area contributed by atoms with E-state index in [9.17, 15) is 18.8 Å². The van der Waals surface area contributed by atoms with Gasteiger partial charge in [-0.1, -0.05) is 0 Å². The molecular weight excluding hydrogens is 375 g/mol. The van der Waals surface area contributed by atoms with E-state index in [0.717, 1.165) is 18.7 Å². The summed E-state index contributed by atoms with van der Waals surface area (Å²) in [6, 6.07) is 2.35. The molecule has 0 bridgehead atoms. The lowest BCUT2D eigenvalue weighted by Gasteiger charge is -2.41. The number of nitrogens with zero attached hydrogens (tertiary/aromatic N) is 3. The number of anilines is 1. The molecule has 3 heterocycles. The molecular formula is C21H27FN4O3. The SMILES string of the molecule is CC(C)(C)N1C(=O)CCC(N2Cc3cc(N4CCNCC4)c(F)cc3C2=O)C1=O. The van der Waals surface area contributed by atoms with Gasteiger partial charge in [-0.3, -0.25) is 19.3 Å². The second kappa shape index (κ2) is 7.09. The second-order valence-corrected chi connectivity index (χ2v) is 8.92. The van der Waals surface area contributed by atoms with Crippen LogP contribution in [0.15, 0.2) is 12.1 Å². The zero-order chi connectivity index (χ0) is 20.9. The summed E-state index contributed by atoms with van der Waals surface area (Å²) >= 11 is 0. The van der Waals surface area contributed by atoms with E-state index < -0.39 is 17.4 Å². The van der Waals surface area contributed by atoms with Crippen LogP contribution in [0.25, 0.3) is 0 Å². The topological polar surface area (TPSA) is 73.0 Å². The molecule has 0 spiro atoms. The molecule has 8 heteroatoms. The average Bonchev–Trinajstić information content (AvgIpc) is 2.97. The Hall–Kier alpha value is -2.48. The van der Waals surface area contributed by atoms with Gasteiger partial charge in [0.25, 0.3) is 11.8 Å². The molecule has 0 aromatic heterocycles. The summed E-state index contributed by atoms with van der Waals surface area (Å²) in [5.41, 5.74) is 0.899. The molecule has 3 aliphatic heterocycles. The molecule has 3 amide bonds. The minimum Gasteiger partial charge on any atom is -0.367 e. The average molecular weight is 402 g/mol. The van der Waals surface area contributed by atoms with Crippen molar-refractivity contribution in [1.29, 1.82) is 0 Å². The number of amides is 3. The maximum Gasteiger partial charge on any atom is 0.255 e. The number of carbonyl (C=O) groups excluding carboxylic acids is 3. The summed E-state index contributed by atoms with van der Waals surface area (Å²) in [7, 11) is 0. The highest BCUT2D eigenvalue weighted by Gasteiger charge is 2.46. The molecule has 1 aromatic carbocycles. The number of carbonyl (C=O) groups is 3. The molecule has 0 aliphatic carbocycles. The number of halogens is 1. The van der Waals surface area contributed by atoms with E-state index in [-0.39, 0.29) is 30.7 Å². The molecule has 4 rings (SSSR count). The maximum absolute atomic E-state index is 14.8. The molecule has 1 N–H and O–H groups in total. The lowest BCUT2D eigenvalue weighted by molar-refractivity contribution is -0.158. The van der Waals surface area contributed by atoms with Gasteiger partial charge in [-0.05, 0) is 44.9 Å². The smallest absolute Gasteiger partial charge is 0.255 e. The highest BCUT2D eigenvalue weighted by Crippen LogP contribution is 2.34. The third-order valence-corrected chi connectivity index (χ3v) is 5.90. The largest absolute Gasteiger partial charge is 0.367 e. The van der Waals surface area contributed by atoms with Crippen LogP contribution in [0.5, 0.6) is 0 Å². The van der Waals surface area contributed by atoms with Crippen molar-refractivity contribution in [3.8, 4) is 0 Å². The number of piperidine rings is 1. The zero-order valence-electron chi connectivity index (χ0n) is 17.1. The van der Waals surface area contributed by atoms with E-state index in [0.29, 0.717) is 30.8 Å². The van der Waals surface area contributed by atoms with Gasteiger partial charge in [-0.25, -0.2) is 4.39 Å². The van der Waals surface area contributed by atoms with Crippen LogP contribution >= 0.6 is 0 Å². The Morgan fingerprint density at radius 2 is 1.79 bits per heavy atom. The van der Waals surface area contributed by atoms with Gasteiger partial charge in [0, 0.05) is 50.2 Å². The van der Waals surface area contributed by atoms with Crippen LogP contribution in [-0.2, 0) is 16.1 Å². The van der Waals surface area contributed by atoms with Gasteiger partial charge in [-0.15, -0.1) is 0 Å². The highest BCUT2D eigenvalue weighted by molar-refractivity contribution is 6.06. The number of rotatable bonds is 2. The summed E-state index contributed by atoms with van der Waals surface area (Å²) in [4.78, 5) is 43.1. The minimum atomic E-state index is -0.697.